The van der Waals surface area contributed by atoms with Crippen LogP contribution in [0.5, 0.6) is 0 Å². The summed E-state index contributed by atoms with van der Waals surface area (Å²) in [6.07, 6.45) is 1.68. The quantitative estimate of drug-likeness (QED) is 0.247. The van der Waals surface area contributed by atoms with Crippen LogP contribution in [-0.4, -0.2) is 16.2 Å². The Labute approximate surface area is 200 Å². The van der Waals surface area contributed by atoms with Crippen molar-refractivity contribution in [1.29, 1.82) is 0 Å². The molecule has 34 heavy (non-hydrogen) atoms. The molecule has 4 heteroatoms. The molecule has 3 aromatic carbocycles. The molecule has 4 aromatic rings. The summed E-state index contributed by atoms with van der Waals surface area (Å²) in [5, 5.41) is 6.31. The van der Waals surface area contributed by atoms with Gasteiger partial charge in [0.05, 0.1) is 11.3 Å². The lowest BCUT2D eigenvalue weighted by atomic mass is 9.76. The van der Waals surface area contributed by atoms with E-state index in [1.165, 1.54) is 16.8 Å². The van der Waals surface area contributed by atoms with Crippen LogP contribution in [0.15, 0.2) is 71.9 Å². The largest absolute Gasteiger partial charge is 0.366 e. The van der Waals surface area contributed by atoms with Gasteiger partial charge in [0.1, 0.15) is 0 Å². The van der Waals surface area contributed by atoms with Gasteiger partial charge in [-0.05, 0) is 85.2 Å². The Balaban J connectivity index is 1.54. The van der Waals surface area contributed by atoms with E-state index in [0.717, 1.165) is 46.3 Å². The Morgan fingerprint density at radius 2 is 1.68 bits per heavy atom. The van der Waals surface area contributed by atoms with Crippen LogP contribution in [0.4, 0.5) is 0 Å². The molecule has 0 saturated carbocycles. The number of hydrogen-bond donors (Lipinski definition) is 0. The highest BCUT2D eigenvalue weighted by Crippen LogP contribution is 2.38. The second-order valence-corrected chi connectivity index (χ2v) is 10.2. The number of carbonyl (C=O) groups is 1. The minimum atomic E-state index is -0.431. The van der Waals surface area contributed by atoms with E-state index in [4.69, 9.17) is 4.84 Å². The third-order valence-electron chi connectivity index (χ3n) is 6.89. The zero-order chi connectivity index (χ0) is 24.0. The lowest BCUT2D eigenvalue weighted by Crippen LogP contribution is -2.28. The van der Waals surface area contributed by atoms with Crippen molar-refractivity contribution in [3.05, 3.63) is 100 Å². The van der Waals surface area contributed by atoms with Crippen LogP contribution in [0.25, 0.3) is 16.5 Å². The fraction of sp³-hybridized carbons (Fsp3) is 0.267. The van der Waals surface area contributed by atoms with Gasteiger partial charge >= 0.3 is 5.97 Å². The van der Waals surface area contributed by atoms with Crippen molar-refractivity contribution in [3.8, 4) is 5.69 Å². The molecule has 0 unspecified atom stereocenters. The molecule has 0 bridgehead atoms. The summed E-state index contributed by atoms with van der Waals surface area (Å²) >= 11 is 0. The Kier molecular flexibility index (Phi) is 5.40. The molecular weight excluding hydrogens is 420 g/mol. The highest BCUT2D eigenvalue weighted by molar-refractivity contribution is 6.06. The van der Waals surface area contributed by atoms with E-state index in [2.05, 4.69) is 68.6 Å². The molecule has 0 aliphatic heterocycles. The highest BCUT2D eigenvalue weighted by Gasteiger charge is 2.34. The van der Waals surface area contributed by atoms with E-state index in [9.17, 15) is 4.79 Å². The number of hydrogen-bond acceptors (Lipinski definition) is 3. The SMILES string of the molecule is Cc1ccc(-n2c(C)cc3c2CC(C)(C)C/C3=N\OC(=O)c2cccc3ccccc23)cc1C. The monoisotopic (exact) mass is 450 g/mol. The van der Waals surface area contributed by atoms with E-state index < -0.39 is 5.97 Å². The first-order valence-corrected chi connectivity index (χ1v) is 11.8. The van der Waals surface area contributed by atoms with Gasteiger partial charge in [-0.1, -0.05) is 61.5 Å². The average molecular weight is 451 g/mol. The van der Waals surface area contributed by atoms with Crippen LogP contribution in [0.3, 0.4) is 0 Å². The van der Waals surface area contributed by atoms with Crippen LogP contribution < -0.4 is 0 Å². The van der Waals surface area contributed by atoms with Gasteiger partial charge in [0, 0.05) is 22.6 Å². The summed E-state index contributed by atoms with van der Waals surface area (Å²) in [4.78, 5) is 18.6. The molecule has 1 aromatic heterocycles. The van der Waals surface area contributed by atoms with Gasteiger partial charge < -0.3 is 9.40 Å². The average Bonchev–Trinajstić information content (AvgIpc) is 3.13. The maximum atomic E-state index is 13.0. The fourth-order valence-corrected chi connectivity index (χ4v) is 5.03. The van der Waals surface area contributed by atoms with Gasteiger partial charge in [0.2, 0.25) is 0 Å². The van der Waals surface area contributed by atoms with Gasteiger partial charge in [-0.15, -0.1) is 0 Å². The minimum Gasteiger partial charge on any atom is -0.318 e. The third-order valence-corrected chi connectivity index (χ3v) is 6.89. The number of fused-ring (bicyclic) bond motifs is 2. The number of nitrogens with zero attached hydrogens (tertiary/aromatic N) is 2. The molecule has 0 fully saturated rings. The fourth-order valence-electron chi connectivity index (χ4n) is 5.03. The summed E-state index contributed by atoms with van der Waals surface area (Å²) in [5.41, 5.74) is 8.51. The highest BCUT2D eigenvalue weighted by atomic mass is 16.7. The molecule has 172 valence electrons. The number of oxime groups is 1. The second kappa shape index (κ2) is 8.28. The number of rotatable bonds is 3. The first kappa shape index (κ1) is 22.1. The molecular formula is C30H30N2O2. The van der Waals surface area contributed by atoms with Gasteiger partial charge in [0.15, 0.2) is 0 Å². The summed E-state index contributed by atoms with van der Waals surface area (Å²) in [7, 11) is 0. The molecule has 1 heterocycles. The smallest absolute Gasteiger partial charge is 0.318 e. The lowest BCUT2D eigenvalue weighted by Gasteiger charge is -2.31. The van der Waals surface area contributed by atoms with E-state index in [-0.39, 0.29) is 5.41 Å². The second-order valence-electron chi connectivity index (χ2n) is 10.2. The molecule has 0 amide bonds. The predicted octanol–water partition coefficient (Wildman–Crippen LogP) is 7.09. The van der Waals surface area contributed by atoms with Crippen molar-refractivity contribution in [2.24, 2.45) is 10.6 Å². The number of aryl methyl sites for hydroxylation is 3. The molecule has 0 radical (unpaired) electrons. The van der Waals surface area contributed by atoms with Crippen molar-refractivity contribution in [3.63, 3.8) is 0 Å². The first-order valence-electron chi connectivity index (χ1n) is 11.8. The predicted molar refractivity (Wildman–Crippen MR) is 138 cm³/mol. The Hall–Kier alpha value is -3.66. The zero-order valence-electron chi connectivity index (χ0n) is 20.5. The number of aromatic nitrogens is 1. The molecule has 1 aliphatic rings. The Bertz CT molecular complexity index is 1450. The van der Waals surface area contributed by atoms with Crippen LogP contribution in [0.2, 0.25) is 0 Å². The van der Waals surface area contributed by atoms with Crippen molar-refractivity contribution in [1.82, 2.24) is 4.57 Å². The zero-order valence-corrected chi connectivity index (χ0v) is 20.5. The Morgan fingerprint density at radius 1 is 0.912 bits per heavy atom. The van der Waals surface area contributed by atoms with E-state index in [1.54, 1.807) is 6.07 Å². The maximum Gasteiger partial charge on any atom is 0.366 e. The van der Waals surface area contributed by atoms with Crippen LogP contribution in [0.1, 0.15) is 58.7 Å². The summed E-state index contributed by atoms with van der Waals surface area (Å²) < 4.78 is 2.32. The number of carbonyl (C=O) groups excluding carboxylic acids is 1. The summed E-state index contributed by atoms with van der Waals surface area (Å²) in [5.74, 6) is -0.431. The molecule has 0 N–H and O–H groups in total. The van der Waals surface area contributed by atoms with Crippen molar-refractivity contribution >= 4 is 22.5 Å². The van der Waals surface area contributed by atoms with Gasteiger partial charge in [-0.3, -0.25) is 0 Å². The minimum absolute atomic E-state index is 0.0000300. The van der Waals surface area contributed by atoms with E-state index in [1.807, 2.05) is 36.4 Å². The van der Waals surface area contributed by atoms with Crippen LogP contribution >= 0.6 is 0 Å². The first-order chi connectivity index (χ1) is 16.2. The topological polar surface area (TPSA) is 43.6 Å². The lowest BCUT2D eigenvalue weighted by molar-refractivity contribution is 0.0516. The van der Waals surface area contributed by atoms with E-state index >= 15 is 0 Å². The molecule has 1 aliphatic carbocycles. The van der Waals surface area contributed by atoms with Gasteiger partial charge in [0.25, 0.3) is 0 Å². The maximum absolute atomic E-state index is 13.0. The Morgan fingerprint density at radius 3 is 2.47 bits per heavy atom. The summed E-state index contributed by atoms with van der Waals surface area (Å²) in [6.45, 7) is 10.9. The van der Waals surface area contributed by atoms with Crippen molar-refractivity contribution in [2.75, 3.05) is 0 Å². The third kappa shape index (κ3) is 3.94. The molecule has 5 rings (SSSR count). The summed E-state index contributed by atoms with van der Waals surface area (Å²) in [6, 6.07) is 22.2. The molecule has 0 atom stereocenters. The van der Waals surface area contributed by atoms with Gasteiger partial charge in [-0.2, -0.15) is 0 Å². The van der Waals surface area contributed by atoms with Crippen LogP contribution in [0, 0.1) is 26.2 Å². The van der Waals surface area contributed by atoms with Crippen molar-refractivity contribution < 1.29 is 9.63 Å². The molecule has 0 saturated heterocycles. The van der Waals surface area contributed by atoms with Crippen molar-refractivity contribution in [2.45, 2.75) is 47.5 Å². The molecule has 0 spiro atoms. The number of benzene rings is 3. The normalized spacial score (nSPS) is 16.0. The van der Waals surface area contributed by atoms with Gasteiger partial charge in [-0.25, -0.2) is 4.79 Å². The standard InChI is InChI=1S/C30H30N2O2/c1-19-13-14-23(15-20(19)2)32-21(3)16-26-27(17-30(4,5)18-28(26)32)31-34-29(33)25-12-8-10-22-9-6-7-11-24(22)25/h6-16H,17-18H2,1-5H3/b31-27+. The van der Waals surface area contributed by atoms with E-state index in [0.29, 0.717) is 5.56 Å². The molecule has 4 nitrogen and oxygen atoms in total. The van der Waals surface area contributed by atoms with Crippen LogP contribution in [-0.2, 0) is 11.3 Å².